The van der Waals surface area contributed by atoms with Crippen molar-refractivity contribution in [2.75, 3.05) is 46.9 Å². The van der Waals surface area contributed by atoms with Crippen LogP contribution in [0.1, 0.15) is 6.42 Å². The maximum Gasteiger partial charge on any atom is 0.239 e. The minimum atomic E-state index is -0.409. The Morgan fingerprint density at radius 2 is 2.00 bits per heavy atom. The van der Waals surface area contributed by atoms with Crippen LogP contribution in [0.4, 0.5) is 0 Å². The van der Waals surface area contributed by atoms with Gasteiger partial charge >= 0.3 is 0 Å². The molecule has 0 bridgehead atoms. The van der Waals surface area contributed by atoms with Crippen molar-refractivity contribution in [3.8, 4) is 0 Å². The number of ether oxygens (including phenoxy) is 1. The summed E-state index contributed by atoms with van der Waals surface area (Å²) in [6.07, 6.45) is 0.599. The van der Waals surface area contributed by atoms with E-state index in [0.717, 1.165) is 26.2 Å². The molecule has 15 heavy (non-hydrogen) atoms. The molecule has 1 aliphatic rings. The number of piperazine rings is 1. The fourth-order valence-corrected chi connectivity index (χ4v) is 1.63. The van der Waals surface area contributed by atoms with Gasteiger partial charge in [0.1, 0.15) is 0 Å². The number of amides is 1. The largest absolute Gasteiger partial charge is 0.385 e. The fraction of sp³-hybridized carbons (Fsp3) is 0.900. The van der Waals surface area contributed by atoms with Crippen molar-refractivity contribution in [2.24, 2.45) is 5.73 Å². The Morgan fingerprint density at radius 3 is 2.53 bits per heavy atom. The number of hydrogen-bond donors (Lipinski definition) is 1. The zero-order chi connectivity index (χ0) is 11.3. The monoisotopic (exact) mass is 215 g/mol. The van der Waals surface area contributed by atoms with Gasteiger partial charge in [-0.25, -0.2) is 0 Å². The molecule has 1 unspecified atom stereocenters. The summed E-state index contributed by atoms with van der Waals surface area (Å²) in [6, 6.07) is -0.409. The zero-order valence-electron chi connectivity index (χ0n) is 9.61. The van der Waals surface area contributed by atoms with Gasteiger partial charge in [-0.05, 0) is 13.5 Å². The molecule has 0 aromatic rings. The topological polar surface area (TPSA) is 58.8 Å². The molecule has 88 valence electrons. The summed E-state index contributed by atoms with van der Waals surface area (Å²) in [5.41, 5.74) is 5.78. The lowest BCUT2D eigenvalue weighted by molar-refractivity contribution is -0.134. The summed E-state index contributed by atoms with van der Waals surface area (Å²) in [7, 11) is 3.68. The van der Waals surface area contributed by atoms with Crippen molar-refractivity contribution in [2.45, 2.75) is 12.5 Å². The summed E-state index contributed by atoms with van der Waals surface area (Å²) < 4.78 is 4.91. The summed E-state index contributed by atoms with van der Waals surface area (Å²) >= 11 is 0. The minimum Gasteiger partial charge on any atom is -0.385 e. The number of nitrogens with zero attached hydrogens (tertiary/aromatic N) is 2. The Hall–Kier alpha value is -0.650. The third-order valence-corrected chi connectivity index (χ3v) is 2.77. The molecule has 1 atom stereocenters. The first-order valence-electron chi connectivity index (χ1n) is 5.37. The molecule has 0 aromatic heterocycles. The van der Waals surface area contributed by atoms with E-state index in [1.54, 1.807) is 7.11 Å². The molecule has 0 aliphatic carbocycles. The fourth-order valence-electron chi connectivity index (χ4n) is 1.63. The van der Waals surface area contributed by atoms with Gasteiger partial charge in [0.25, 0.3) is 0 Å². The molecular formula is C10H21N3O2. The maximum atomic E-state index is 11.8. The second-order valence-electron chi connectivity index (χ2n) is 4.02. The number of nitrogens with two attached hydrogens (primary N) is 1. The molecule has 5 nitrogen and oxygen atoms in total. The number of carbonyl (C=O) groups is 1. The smallest absolute Gasteiger partial charge is 0.239 e. The Bertz CT molecular complexity index is 203. The van der Waals surface area contributed by atoms with Gasteiger partial charge in [0, 0.05) is 39.9 Å². The summed E-state index contributed by atoms with van der Waals surface area (Å²) in [5, 5.41) is 0. The highest BCUT2D eigenvalue weighted by molar-refractivity contribution is 5.81. The SMILES string of the molecule is COCCC(N)C(=O)N1CCN(C)CC1. The number of likely N-dealkylation sites (N-methyl/N-ethyl adjacent to an activating group) is 1. The second kappa shape index (κ2) is 6.05. The van der Waals surface area contributed by atoms with Crippen molar-refractivity contribution in [1.82, 2.24) is 9.80 Å². The lowest BCUT2D eigenvalue weighted by Gasteiger charge is -2.33. The summed E-state index contributed by atoms with van der Waals surface area (Å²) in [5.74, 6) is 0.0557. The number of rotatable bonds is 4. The lowest BCUT2D eigenvalue weighted by atomic mass is 10.2. The molecule has 0 aromatic carbocycles. The van der Waals surface area contributed by atoms with E-state index in [1.807, 2.05) is 4.90 Å². The van der Waals surface area contributed by atoms with E-state index < -0.39 is 6.04 Å². The Morgan fingerprint density at radius 1 is 1.40 bits per heavy atom. The molecular weight excluding hydrogens is 194 g/mol. The van der Waals surface area contributed by atoms with Gasteiger partial charge in [0.15, 0.2) is 0 Å². The number of hydrogen-bond acceptors (Lipinski definition) is 4. The van der Waals surface area contributed by atoms with Crippen LogP contribution in [0.2, 0.25) is 0 Å². The van der Waals surface area contributed by atoms with E-state index in [-0.39, 0.29) is 5.91 Å². The molecule has 1 aliphatic heterocycles. The third-order valence-electron chi connectivity index (χ3n) is 2.77. The predicted octanol–water partition coefficient (Wildman–Crippen LogP) is -0.876. The van der Waals surface area contributed by atoms with Crippen molar-refractivity contribution in [1.29, 1.82) is 0 Å². The van der Waals surface area contributed by atoms with Crippen LogP contribution in [0.3, 0.4) is 0 Å². The first-order valence-corrected chi connectivity index (χ1v) is 5.37. The standard InChI is InChI=1S/C10H21N3O2/c1-12-4-6-13(7-5-12)10(14)9(11)3-8-15-2/h9H,3-8,11H2,1-2H3. The van der Waals surface area contributed by atoms with Gasteiger partial charge in [-0.2, -0.15) is 0 Å². The highest BCUT2D eigenvalue weighted by Crippen LogP contribution is 2.03. The molecule has 1 heterocycles. The van der Waals surface area contributed by atoms with Gasteiger partial charge in [-0.3, -0.25) is 4.79 Å². The van der Waals surface area contributed by atoms with Crippen LogP contribution in [0.5, 0.6) is 0 Å². The highest BCUT2D eigenvalue weighted by Gasteiger charge is 2.23. The van der Waals surface area contributed by atoms with Gasteiger partial charge < -0.3 is 20.3 Å². The van der Waals surface area contributed by atoms with Crippen LogP contribution in [0.15, 0.2) is 0 Å². The molecule has 1 fully saturated rings. The first kappa shape index (κ1) is 12.4. The molecule has 5 heteroatoms. The van der Waals surface area contributed by atoms with Crippen molar-refractivity contribution >= 4 is 5.91 Å². The van der Waals surface area contributed by atoms with E-state index in [0.29, 0.717) is 13.0 Å². The molecule has 1 saturated heterocycles. The molecule has 1 rings (SSSR count). The van der Waals surface area contributed by atoms with Crippen molar-refractivity contribution in [3.63, 3.8) is 0 Å². The normalized spacial score (nSPS) is 20.3. The molecule has 2 N–H and O–H groups in total. The average Bonchev–Trinajstić information content (AvgIpc) is 2.26. The second-order valence-corrected chi connectivity index (χ2v) is 4.02. The van der Waals surface area contributed by atoms with E-state index >= 15 is 0 Å². The zero-order valence-corrected chi connectivity index (χ0v) is 9.61. The number of carbonyl (C=O) groups excluding carboxylic acids is 1. The van der Waals surface area contributed by atoms with Crippen LogP contribution in [-0.4, -0.2) is 68.7 Å². The van der Waals surface area contributed by atoms with Gasteiger partial charge in [-0.1, -0.05) is 0 Å². The van der Waals surface area contributed by atoms with E-state index in [9.17, 15) is 4.79 Å². The van der Waals surface area contributed by atoms with Crippen LogP contribution >= 0.6 is 0 Å². The van der Waals surface area contributed by atoms with E-state index in [4.69, 9.17) is 10.5 Å². The molecule has 0 saturated carbocycles. The Kier molecular flexibility index (Phi) is 5.01. The van der Waals surface area contributed by atoms with Crippen molar-refractivity contribution < 1.29 is 9.53 Å². The number of methoxy groups -OCH3 is 1. The molecule has 0 radical (unpaired) electrons. The van der Waals surface area contributed by atoms with Gasteiger partial charge in [0.2, 0.25) is 5.91 Å². The van der Waals surface area contributed by atoms with Crippen LogP contribution in [0, 0.1) is 0 Å². The first-order chi connectivity index (χ1) is 7.15. The molecule has 0 spiro atoms. The molecule has 1 amide bonds. The lowest BCUT2D eigenvalue weighted by Crippen LogP contribution is -2.52. The van der Waals surface area contributed by atoms with Gasteiger partial charge in [-0.15, -0.1) is 0 Å². The Balaban J connectivity index is 2.32. The average molecular weight is 215 g/mol. The van der Waals surface area contributed by atoms with Gasteiger partial charge in [0.05, 0.1) is 6.04 Å². The van der Waals surface area contributed by atoms with E-state index in [1.165, 1.54) is 0 Å². The van der Waals surface area contributed by atoms with E-state index in [2.05, 4.69) is 11.9 Å². The van der Waals surface area contributed by atoms with Crippen molar-refractivity contribution in [3.05, 3.63) is 0 Å². The van der Waals surface area contributed by atoms with Crippen LogP contribution in [-0.2, 0) is 9.53 Å². The third kappa shape index (κ3) is 3.77. The predicted molar refractivity (Wildman–Crippen MR) is 58.5 cm³/mol. The van der Waals surface area contributed by atoms with Crippen LogP contribution < -0.4 is 5.73 Å². The quantitative estimate of drug-likeness (QED) is 0.662. The summed E-state index contributed by atoms with van der Waals surface area (Å²) in [4.78, 5) is 15.9. The van der Waals surface area contributed by atoms with Crippen LogP contribution in [0.25, 0.3) is 0 Å². The minimum absolute atomic E-state index is 0.0557. The Labute approximate surface area is 91.2 Å². The highest BCUT2D eigenvalue weighted by atomic mass is 16.5. The summed E-state index contributed by atoms with van der Waals surface area (Å²) in [6.45, 7) is 3.98. The maximum absolute atomic E-state index is 11.8.